The molecule has 0 atom stereocenters. The number of nitrogens with one attached hydrogen (secondary N) is 1. The Hall–Kier alpha value is -0.170. The maximum atomic E-state index is 11.2. The molecule has 12 heavy (non-hydrogen) atoms. The largest absolute Gasteiger partial charge is 0.330 e. The van der Waals surface area contributed by atoms with Crippen LogP contribution in [0, 0.1) is 5.92 Å². The number of hydrogen-bond acceptors (Lipinski definition) is 3. The van der Waals surface area contributed by atoms with Gasteiger partial charge in [0, 0.05) is 19.6 Å². The lowest BCUT2D eigenvalue weighted by Crippen LogP contribution is -2.55. The molecule has 0 bridgehead atoms. The molecule has 1 fully saturated rings. The van der Waals surface area contributed by atoms with E-state index in [-0.39, 0.29) is 0 Å². The fourth-order valence-corrected chi connectivity index (χ4v) is 2.50. The summed E-state index contributed by atoms with van der Waals surface area (Å²) in [6.07, 6.45) is 0. The van der Waals surface area contributed by atoms with Crippen LogP contribution in [0.2, 0.25) is 0 Å². The minimum Gasteiger partial charge on any atom is -0.330 e. The third kappa shape index (κ3) is 1.95. The molecule has 1 heterocycles. The number of rotatable bonds is 4. The Kier molecular flexibility index (Phi) is 3.05. The minimum absolute atomic E-state index is 0.346. The van der Waals surface area contributed by atoms with Crippen LogP contribution in [0.3, 0.4) is 0 Å². The molecule has 1 aliphatic heterocycles. The Balaban J connectivity index is 2.41. The average Bonchev–Trinajstić information content (AvgIpc) is 1.83. The first-order chi connectivity index (χ1) is 5.60. The summed E-state index contributed by atoms with van der Waals surface area (Å²) < 4.78 is 26.3. The van der Waals surface area contributed by atoms with Crippen molar-refractivity contribution in [1.29, 1.82) is 0 Å². The molecule has 0 aliphatic carbocycles. The zero-order valence-electron chi connectivity index (χ0n) is 7.16. The monoisotopic (exact) mass is 193 g/mol. The SMILES string of the molecule is CCNS(=O)(=O)N1CC(CN)C1. The Labute approximate surface area is 73.1 Å². The van der Waals surface area contributed by atoms with E-state index >= 15 is 0 Å². The van der Waals surface area contributed by atoms with Crippen LogP contribution < -0.4 is 10.5 Å². The second kappa shape index (κ2) is 3.69. The molecule has 0 aromatic heterocycles. The Morgan fingerprint density at radius 2 is 2.17 bits per heavy atom. The molecule has 0 aromatic carbocycles. The van der Waals surface area contributed by atoms with Gasteiger partial charge < -0.3 is 5.73 Å². The predicted octanol–water partition coefficient (Wildman–Crippen LogP) is -1.27. The molecule has 0 amide bonds. The minimum atomic E-state index is -3.19. The quantitative estimate of drug-likeness (QED) is 0.584. The summed E-state index contributed by atoms with van der Waals surface area (Å²) in [6, 6.07) is 0. The first kappa shape index (κ1) is 9.91. The molecule has 0 unspecified atom stereocenters. The highest BCUT2D eigenvalue weighted by Crippen LogP contribution is 2.16. The molecule has 1 saturated heterocycles. The van der Waals surface area contributed by atoms with Crippen molar-refractivity contribution in [1.82, 2.24) is 9.03 Å². The van der Waals surface area contributed by atoms with Gasteiger partial charge in [0.25, 0.3) is 10.2 Å². The van der Waals surface area contributed by atoms with Crippen molar-refractivity contribution < 1.29 is 8.42 Å². The van der Waals surface area contributed by atoms with E-state index < -0.39 is 10.2 Å². The molecule has 3 N–H and O–H groups in total. The van der Waals surface area contributed by atoms with Crippen molar-refractivity contribution in [2.75, 3.05) is 26.2 Å². The van der Waals surface area contributed by atoms with Gasteiger partial charge in [-0.3, -0.25) is 0 Å². The summed E-state index contributed by atoms with van der Waals surface area (Å²) in [7, 11) is -3.19. The second-order valence-corrected chi connectivity index (χ2v) is 4.68. The van der Waals surface area contributed by atoms with Gasteiger partial charge in [-0.2, -0.15) is 12.7 Å². The highest BCUT2D eigenvalue weighted by molar-refractivity contribution is 7.87. The van der Waals surface area contributed by atoms with Gasteiger partial charge in [-0.1, -0.05) is 6.92 Å². The van der Waals surface area contributed by atoms with Gasteiger partial charge >= 0.3 is 0 Å². The van der Waals surface area contributed by atoms with Crippen LogP contribution in [0.1, 0.15) is 6.92 Å². The van der Waals surface area contributed by atoms with Crippen LogP contribution in [0.25, 0.3) is 0 Å². The fraction of sp³-hybridized carbons (Fsp3) is 1.00. The molecule has 0 spiro atoms. The zero-order chi connectivity index (χ0) is 9.19. The van der Waals surface area contributed by atoms with Gasteiger partial charge in [0.2, 0.25) is 0 Å². The molecular weight excluding hydrogens is 178 g/mol. The maximum absolute atomic E-state index is 11.2. The molecule has 6 heteroatoms. The summed E-state index contributed by atoms with van der Waals surface area (Å²) >= 11 is 0. The molecule has 0 radical (unpaired) electrons. The van der Waals surface area contributed by atoms with E-state index in [1.807, 2.05) is 0 Å². The third-order valence-corrected chi connectivity index (χ3v) is 3.56. The third-order valence-electron chi connectivity index (χ3n) is 1.92. The van der Waals surface area contributed by atoms with E-state index in [1.54, 1.807) is 6.92 Å². The van der Waals surface area contributed by atoms with Gasteiger partial charge in [-0.15, -0.1) is 0 Å². The molecule has 72 valence electrons. The highest BCUT2D eigenvalue weighted by atomic mass is 32.2. The first-order valence-corrected chi connectivity index (χ1v) is 5.49. The standard InChI is InChI=1S/C6H15N3O2S/c1-2-8-12(10,11)9-4-6(3-7)5-9/h6,8H,2-5,7H2,1H3. The van der Waals surface area contributed by atoms with Crippen LogP contribution in [0.5, 0.6) is 0 Å². The molecular formula is C6H15N3O2S. The summed E-state index contributed by atoms with van der Waals surface area (Å²) in [5, 5.41) is 0. The van der Waals surface area contributed by atoms with Crippen LogP contribution in [0.15, 0.2) is 0 Å². The van der Waals surface area contributed by atoms with E-state index in [1.165, 1.54) is 4.31 Å². The van der Waals surface area contributed by atoms with Crippen molar-refractivity contribution in [2.45, 2.75) is 6.92 Å². The molecule has 5 nitrogen and oxygen atoms in total. The smallest absolute Gasteiger partial charge is 0.279 e. The first-order valence-electron chi connectivity index (χ1n) is 4.05. The molecule has 1 aliphatic rings. The van der Waals surface area contributed by atoms with Gasteiger partial charge in [-0.25, -0.2) is 4.72 Å². The Morgan fingerprint density at radius 1 is 1.58 bits per heavy atom. The van der Waals surface area contributed by atoms with E-state index in [2.05, 4.69) is 4.72 Å². The van der Waals surface area contributed by atoms with Crippen LogP contribution in [0.4, 0.5) is 0 Å². The summed E-state index contributed by atoms with van der Waals surface area (Å²) in [4.78, 5) is 0. The van der Waals surface area contributed by atoms with Crippen LogP contribution in [-0.4, -0.2) is 38.9 Å². The normalized spacial score (nSPS) is 20.8. The highest BCUT2D eigenvalue weighted by Gasteiger charge is 2.33. The van der Waals surface area contributed by atoms with Gasteiger partial charge in [0.1, 0.15) is 0 Å². The maximum Gasteiger partial charge on any atom is 0.279 e. The van der Waals surface area contributed by atoms with Gasteiger partial charge in [0.05, 0.1) is 0 Å². The Bertz CT molecular complexity index is 233. The molecule has 0 saturated carbocycles. The van der Waals surface area contributed by atoms with Crippen molar-refractivity contribution in [3.8, 4) is 0 Å². The van der Waals surface area contributed by atoms with E-state index in [0.717, 1.165) is 0 Å². The van der Waals surface area contributed by atoms with Crippen LogP contribution >= 0.6 is 0 Å². The summed E-state index contributed by atoms with van der Waals surface area (Å²) in [5.74, 6) is 0.346. The van der Waals surface area contributed by atoms with E-state index in [9.17, 15) is 8.42 Å². The number of nitrogens with two attached hydrogens (primary N) is 1. The lowest BCUT2D eigenvalue weighted by atomic mass is 10.0. The van der Waals surface area contributed by atoms with E-state index in [4.69, 9.17) is 5.73 Å². The molecule has 0 aromatic rings. The zero-order valence-corrected chi connectivity index (χ0v) is 7.97. The topological polar surface area (TPSA) is 75.4 Å². The van der Waals surface area contributed by atoms with Crippen molar-refractivity contribution in [3.05, 3.63) is 0 Å². The lowest BCUT2D eigenvalue weighted by molar-refractivity contribution is 0.205. The van der Waals surface area contributed by atoms with Gasteiger partial charge in [-0.05, 0) is 12.5 Å². The van der Waals surface area contributed by atoms with Gasteiger partial charge in [0.15, 0.2) is 0 Å². The van der Waals surface area contributed by atoms with Crippen LogP contribution in [-0.2, 0) is 10.2 Å². The number of nitrogens with zero attached hydrogens (tertiary/aromatic N) is 1. The van der Waals surface area contributed by atoms with Crippen molar-refractivity contribution in [2.24, 2.45) is 11.7 Å². The molecule has 1 rings (SSSR count). The summed E-state index contributed by atoms with van der Waals surface area (Å²) in [6.45, 7) is 3.89. The summed E-state index contributed by atoms with van der Waals surface area (Å²) in [5.41, 5.74) is 5.37. The Morgan fingerprint density at radius 3 is 2.58 bits per heavy atom. The fourth-order valence-electron chi connectivity index (χ4n) is 1.14. The number of hydrogen-bond donors (Lipinski definition) is 2. The van der Waals surface area contributed by atoms with E-state index in [0.29, 0.717) is 32.1 Å². The lowest BCUT2D eigenvalue weighted by Gasteiger charge is -2.37. The predicted molar refractivity (Wildman–Crippen MR) is 46.7 cm³/mol. The van der Waals surface area contributed by atoms with Crippen molar-refractivity contribution in [3.63, 3.8) is 0 Å². The van der Waals surface area contributed by atoms with Crippen molar-refractivity contribution >= 4 is 10.2 Å². The average molecular weight is 193 g/mol. The second-order valence-electron chi connectivity index (χ2n) is 2.92.